The van der Waals surface area contributed by atoms with Gasteiger partial charge in [-0.2, -0.15) is 0 Å². The van der Waals surface area contributed by atoms with E-state index in [9.17, 15) is 0 Å². The molecule has 0 aromatic rings. The number of nitrogens with zero attached hydrogens (tertiary/aromatic N) is 2. The molecule has 0 aromatic carbocycles. The van der Waals surface area contributed by atoms with Crippen LogP contribution in [0.2, 0.25) is 0 Å². The summed E-state index contributed by atoms with van der Waals surface area (Å²) in [5, 5.41) is 3.85. The molecule has 0 bridgehead atoms. The average Bonchev–Trinajstić information content (AvgIpc) is 3.23. The second kappa shape index (κ2) is 6.55. The van der Waals surface area contributed by atoms with Crippen molar-refractivity contribution in [3.05, 3.63) is 0 Å². The highest BCUT2D eigenvalue weighted by Gasteiger charge is 2.41. The Bertz CT molecular complexity index is 339. The average molecular weight is 293 g/mol. The summed E-state index contributed by atoms with van der Waals surface area (Å²) in [4.78, 5) is 5.66. The van der Waals surface area contributed by atoms with Gasteiger partial charge in [-0.3, -0.25) is 9.80 Å². The summed E-state index contributed by atoms with van der Waals surface area (Å²) >= 11 is 0. The summed E-state index contributed by atoms with van der Waals surface area (Å²) in [6, 6.07) is 3.18. The highest BCUT2D eigenvalue weighted by Crippen LogP contribution is 2.33. The largest absolute Gasteiger partial charge is 0.311 e. The molecule has 3 nitrogen and oxygen atoms in total. The molecule has 3 heteroatoms. The quantitative estimate of drug-likeness (QED) is 0.840. The van der Waals surface area contributed by atoms with Gasteiger partial charge in [-0.05, 0) is 31.1 Å². The molecule has 4 atom stereocenters. The summed E-state index contributed by atoms with van der Waals surface area (Å²) in [5.41, 5.74) is 0. The maximum Gasteiger partial charge on any atom is 0.0247 e. The third kappa shape index (κ3) is 3.46. The van der Waals surface area contributed by atoms with Crippen LogP contribution in [0.1, 0.15) is 53.4 Å². The zero-order chi connectivity index (χ0) is 15.0. The molecule has 3 fully saturated rings. The van der Waals surface area contributed by atoms with Gasteiger partial charge >= 0.3 is 0 Å². The van der Waals surface area contributed by atoms with Crippen LogP contribution in [0.5, 0.6) is 0 Å². The Hall–Kier alpha value is -0.120. The Morgan fingerprint density at radius 1 is 1.05 bits per heavy atom. The maximum atomic E-state index is 3.85. The molecule has 2 heterocycles. The molecule has 2 saturated heterocycles. The van der Waals surface area contributed by atoms with Gasteiger partial charge in [0.05, 0.1) is 0 Å². The topological polar surface area (TPSA) is 18.5 Å². The zero-order valence-electron chi connectivity index (χ0n) is 14.5. The standard InChI is InChI=1S/C18H35N3/c1-5-14(4)17-12-21(18(10-19-17)13(2)3)16-8-9-20(11-16)15-6-7-15/h13-19H,5-12H2,1-4H3. The van der Waals surface area contributed by atoms with Crippen LogP contribution in [-0.4, -0.2) is 60.1 Å². The van der Waals surface area contributed by atoms with Crippen molar-refractivity contribution in [1.82, 2.24) is 15.1 Å². The highest BCUT2D eigenvalue weighted by molar-refractivity contribution is 4.98. The van der Waals surface area contributed by atoms with Crippen molar-refractivity contribution in [3.63, 3.8) is 0 Å². The van der Waals surface area contributed by atoms with Gasteiger partial charge < -0.3 is 5.32 Å². The normalized spacial score (nSPS) is 37.3. The van der Waals surface area contributed by atoms with Crippen LogP contribution in [0, 0.1) is 11.8 Å². The van der Waals surface area contributed by atoms with Crippen molar-refractivity contribution < 1.29 is 0 Å². The summed E-state index contributed by atoms with van der Waals surface area (Å²) in [6.07, 6.45) is 5.60. The summed E-state index contributed by atoms with van der Waals surface area (Å²) in [6.45, 7) is 14.7. The lowest BCUT2D eigenvalue weighted by molar-refractivity contribution is 0.0454. The van der Waals surface area contributed by atoms with E-state index in [0.29, 0.717) is 6.04 Å². The van der Waals surface area contributed by atoms with Gasteiger partial charge in [0.25, 0.3) is 0 Å². The van der Waals surface area contributed by atoms with Gasteiger partial charge in [-0.15, -0.1) is 0 Å². The fourth-order valence-electron chi connectivity index (χ4n) is 4.33. The van der Waals surface area contributed by atoms with Gasteiger partial charge in [0.15, 0.2) is 0 Å². The molecule has 1 aliphatic carbocycles. The third-order valence-corrected chi connectivity index (χ3v) is 6.25. The first-order valence-corrected chi connectivity index (χ1v) is 9.33. The number of likely N-dealkylation sites (tertiary alicyclic amines) is 1. The molecule has 3 rings (SSSR count). The lowest BCUT2D eigenvalue weighted by atomic mass is 9.90. The van der Waals surface area contributed by atoms with E-state index in [-0.39, 0.29) is 0 Å². The van der Waals surface area contributed by atoms with Crippen molar-refractivity contribution in [2.75, 3.05) is 26.2 Å². The number of rotatable bonds is 5. The minimum atomic E-state index is 0.694. The number of hydrogen-bond donors (Lipinski definition) is 1. The Kier molecular flexibility index (Phi) is 4.92. The van der Waals surface area contributed by atoms with Crippen LogP contribution < -0.4 is 5.32 Å². The molecule has 21 heavy (non-hydrogen) atoms. The van der Waals surface area contributed by atoms with E-state index in [0.717, 1.165) is 30.0 Å². The molecule has 0 spiro atoms. The van der Waals surface area contributed by atoms with Crippen LogP contribution in [0.25, 0.3) is 0 Å². The van der Waals surface area contributed by atoms with E-state index in [2.05, 4.69) is 42.8 Å². The van der Waals surface area contributed by atoms with Gasteiger partial charge in [-0.25, -0.2) is 0 Å². The molecular weight excluding hydrogens is 258 g/mol. The van der Waals surface area contributed by atoms with E-state index < -0.39 is 0 Å². The molecule has 0 radical (unpaired) electrons. The fraction of sp³-hybridized carbons (Fsp3) is 1.00. The first kappa shape index (κ1) is 15.8. The van der Waals surface area contributed by atoms with Crippen molar-refractivity contribution >= 4 is 0 Å². The molecule has 3 aliphatic rings. The molecule has 1 N–H and O–H groups in total. The van der Waals surface area contributed by atoms with Crippen molar-refractivity contribution in [2.45, 2.75) is 77.5 Å². The molecule has 1 saturated carbocycles. The van der Waals surface area contributed by atoms with Crippen molar-refractivity contribution in [1.29, 1.82) is 0 Å². The van der Waals surface area contributed by atoms with Crippen LogP contribution in [0.3, 0.4) is 0 Å². The lowest BCUT2D eigenvalue weighted by Gasteiger charge is -2.47. The molecular formula is C18H35N3. The first-order valence-electron chi connectivity index (χ1n) is 9.33. The van der Waals surface area contributed by atoms with Crippen LogP contribution in [0.15, 0.2) is 0 Å². The number of hydrogen-bond acceptors (Lipinski definition) is 3. The van der Waals surface area contributed by atoms with Crippen molar-refractivity contribution in [3.8, 4) is 0 Å². The van der Waals surface area contributed by atoms with E-state index in [1.807, 2.05) is 0 Å². The minimum Gasteiger partial charge on any atom is -0.311 e. The molecule has 0 amide bonds. The van der Waals surface area contributed by atoms with E-state index >= 15 is 0 Å². The maximum absolute atomic E-state index is 3.85. The number of nitrogens with one attached hydrogen (secondary N) is 1. The number of piperazine rings is 1. The Labute approximate surface area is 131 Å². The summed E-state index contributed by atoms with van der Waals surface area (Å²) < 4.78 is 0. The minimum absolute atomic E-state index is 0.694. The fourth-order valence-corrected chi connectivity index (χ4v) is 4.33. The molecule has 122 valence electrons. The van der Waals surface area contributed by atoms with E-state index in [1.54, 1.807) is 0 Å². The van der Waals surface area contributed by atoms with Crippen LogP contribution in [-0.2, 0) is 0 Å². The molecule has 0 aromatic heterocycles. The first-order chi connectivity index (χ1) is 10.1. The Morgan fingerprint density at radius 3 is 2.43 bits per heavy atom. The Morgan fingerprint density at radius 2 is 1.81 bits per heavy atom. The van der Waals surface area contributed by atoms with Crippen LogP contribution in [0.4, 0.5) is 0 Å². The van der Waals surface area contributed by atoms with E-state index in [4.69, 9.17) is 0 Å². The lowest BCUT2D eigenvalue weighted by Crippen LogP contribution is -2.62. The third-order valence-electron chi connectivity index (χ3n) is 6.25. The molecule has 2 aliphatic heterocycles. The van der Waals surface area contributed by atoms with Gasteiger partial charge in [-0.1, -0.05) is 34.1 Å². The highest BCUT2D eigenvalue weighted by atomic mass is 15.3. The van der Waals surface area contributed by atoms with Gasteiger partial charge in [0, 0.05) is 50.3 Å². The van der Waals surface area contributed by atoms with Gasteiger partial charge in [0.2, 0.25) is 0 Å². The predicted octanol–water partition coefficient (Wildman–Crippen LogP) is 2.57. The monoisotopic (exact) mass is 293 g/mol. The Balaban J connectivity index is 1.65. The smallest absolute Gasteiger partial charge is 0.0247 e. The zero-order valence-corrected chi connectivity index (χ0v) is 14.5. The summed E-state index contributed by atoms with van der Waals surface area (Å²) in [5.74, 6) is 1.55. The summed E-state index contributed by atoms with van der Waals surface area (Å²) in [7, 11) is 0. The van der Waals surface area contributed by atoms with Gasteiger partial charge in [0.1, 0.15) is 0 Å². The SMILES string of the molecule is CCC(C)C1CN(C2CCN(C3CC3)C2)C(C(C)C)CN1. The molecule has 4 unspecified atom stereocenters. The predicted molar refractivity (Wildman–Crippen MR) is 89.6 cm³/mol. The van der Waals surface area contributed by atoms with Crippen LogP contribution >= 0.6 is 0 Å². The second-order valence-electron chi connectivity index (χ2n) is 8.08. The van der Waals surface area contributed by atoms with E-state index in [1.165, 1.54) is 51.9 Å². The second-order valence-corrected chi connectivity index (χ2v) is 8.08. The van der Waals surface area contributed by atoms with Crippen molar-refractivity contribution in [2.24, 2.45) is 11.8 Å².